The third kappa shape index (κ3) is 2.27. The number of aryl methyl sites for hydroxylation is 1. The molecular formula is C14H17N7. The van der Waals surface area contributed by atoms with Gasteiger partial charge in [-0.05, 0) is 25.5 Å². The van der Waals surface area contributed by atoms with Gasteiger partial charge < -0.3 is 4.90 Å². The van der Waals surface area contributed by atoms with Crippen LogP contribution in [-0.4, -0.2) is 26.7 Å². The molecule has 3 aromatic rings. The molecular weight excluding hydrogens is 266 g/mol. The summed E-state index contributed by atoms with van der Waals surface area (Å²) in [6.07, 6.45) is 1.73. The average Bonchev–Trinajstić information content (AvgIpc) is 2.98. The van der Waals surface area contributed by atoms with Crippen molar-refractivity contribution in [2.75, 3.05) is 16.9 Å². The number of hydrazine groups is 1. The highest BCUT2D eigenvalue weighted by atomic mass is 15.3. The molecule has 0 aliphatic heterocycles. The topological polar surface area (TPSA) is 95.8 Å². The van der Waals surface area contributed by atoms with E-state index in [9.17, 15) is 0 Å². The van der Waals surface area contributed by atoms with E-state index < -0.39 is 0 Å². The predicted molar refractivity (Wildman–Crippen MR) is 83.4 cm³/mol. The number of hydrogen-bond acceptors (Lipinski definition) is 6. The summed E-state index contributed by atoms with van der Waals surface area (Å²) in [6.45, 7) is 4.93. The molecule has 2 heterocycles. The van der Waals surface area contributed by atoms with Gasteiger partial charge in [0, 0.05) is 12.2 Å². The minimum absolute atomic E-state index is 0.355. The highest BCUT2D eigenvalue weighted by Crippen LogP contribution is 2.31. The Bertz CT molecular complexity index is 765. The fourth-order valence-corrected chi connectivity index (χ4v) is 2.39. The van der Waals surface area contributed by atoms with Gasteiger partial charge in [0.25, 0.3) is 0 Å². The van der Waals surface area contributed by atoms with Gasteiger partial charge in [0.05, 0.1) is 11.6 Å². The lowest BCUT2D eigenvalue weighted by atomic mass is 10.1. The van der Waals surface area contributed by atoms with Crippen LogP contribution < -0.4 is 16.2 Å². The summed E-state index contributed by atoms with van der Waals surface area (Å²) in [6, 6.07) is 8.18. The van der Waals surface area contributed by atoms with Crippen molar-refractivity contribution in [3.8, 4) is 0 Å². The molecule has 108 valence electrons. The summed E-state index contributed by atoms with van der Waals surface area (Å²) < 4.78 is 0. The predicted octanol–water partition coefficient (Wildman–Crippen LogP) is 2.10. The van der Waals surface area contributed by atoms with Crippen LogP contribution in [0, 0.1) is 6.92 Å². The smallest absolute Gasteiger partial charge is 0.241 e. The Morgan fingerprint density at radius 2 is 2.10 bits per heavy atom. The molecule has 2 aromatic heterocycles. The van der Waals surface area contributed by atoms with Crippen LogP contribution >= 0.6 is 0 Å². The highest BCUT2D eigenvalue weighted by Gasteiger charge is 2.17. The van der Waals surface area contributed by atoms with Crippen molar-refractivity contribution in [3.05, 3.63) is 36.0 Å². The summed E-state index contributed by atoms with van der Waals surface area (Å²) in [7, 11) is 0. The van der Waals surface area contributed by atoms with Gasteiger partial charge in [-0.25, -0.2) is 5.84 Å². The number of nitrogens with two attached hydrogens (primary N) is 1. The van der Waals surface area contributed by atoms with Crippen molar-refractivity contribution in [3.63, 3.8) is 0 Å². The third-order valence-corrected chi connectivity index (χ3v) is 3.40. The fraction of sp³-hybridized carbons (Fsp3) is 0.214. The van der Waals surface area contributed by atoms with Crippen molar-refractivity contribution in [2.45, 2.75) is 13.8 Å². The molecule has 0 saturated carbocycles. The number of nitrogens with one attached hydrogen (secondary N) is 2. The van der Waals surface area contributed by atoms with E-state index in [4.69, 9.17) is 5.84 Å². The lowest BCUT2D eigenvalue weighted by Gasteiger charge is -2.24. The van der Waals surface area contributed by atoms with Gasteiger partial charge in [-0.1, -0.05) is 18.2 Å². The van der Waals surface area contributed by atoms with E-state index in [1.165, 1.54) is 5.56 Å². The van der Waals surface area contributed by atoms with E-state index in [1.807, 2.05) is 12.1 Å². The van der Waals surface area contributed by atoms with Gasteiger partial charge in [-0.3, -0.25) is 10.5 Å². The second-order valence-electron chi connectivity index (χ2n) is 4.68. The normalized spacial score (nSPS) is 10.8. The molecule has 0 radical (unpaired) electrons. The minimum Gasteiger partial charge on any atom is -0.326 e. The number of fused-ring (bicyclic) bond motifs is 1. The first-order valence-corrected chi connectivity index (χ1v) is 6.75. The van der Waals surface area contributed by atoms with Crippen molar-refractivity contribution in [1.29, 1.82) is 0 Å². The molecule has 0 unspecified atom stereocenters. The van der Waals surface area contributed by atoms with Crippen molar-refractivity contribution in [2.24, 2.45) is 5.84 Å². The molecule has 0 bridgehead atoms. The second kappa shape index (κ2) is 5.37. The molecule has 0 aliphatic rings. The Labute approximate surface area is 122 Å². The summed E-state index contributed by atoms with van der Waals surface area (Å²) in [5.41, 5.74) is 5.43. The van der Waals surface area contributed by atoms with Crippen molar-refractivity contribution in [1.82, 2.24) is 20.2 Å². The van der Waals surface area contributed by atoms with Crippen LogP contribution in [0.15, 0.2) is 30.5 Å². The lowest BCUT2D eigenvalue weighted by molar-refractivity contribution is 0.980. The van der Waals surface area contributed by atoms with Crippen LogP contribution in [0.2, 0.25) is 0 Å². The molecule has 7 heteroatoms. The number of nitrogen functional groups attached to an aromatic ring is 1. The molecule has 0 amide bonds. The Morgan fingerprint density at radius 3 is 2.81 bits per heavy atom. The van der Waals surface area contributed by atoms with Crippen molar-refractivity contribution < 1.29 is 0 Å². The molecule has 0 aliphatic carbocycles. The van der Waals surface area contributed by atoms with E-state index in [-0.39, 0.29) is 0 Å². The van der Waals surface area contributed by atoms with Crippen LogP contribution in [0.5, 0.6) is 0 Å². The summed E-state index contributed by atoms with van der Waals surface area (Å²) in [5, 5.41) is 7.76. The van der Waals surface area contributed by atoms with Gasteiger partial charge in [-0.15, -0.1) is 0 Å². The number of rotatable bonds is 4. The zero-order valence-corrected chi connectivity index (χ0v) is 12.0. The van der Waals surface area contributed by atoms with E-state index in [1.54, 1.807) is 6.20 Å². The first kappa shape index (κ1) is 13.3. The number of aromatic nitrogens is 4. The van der Waals surface area contributed by atoms with E-state index >= 15 is 0 Å². The highest BCUT2D eigenvalue weighted by molar-refractivity contribution is 5.90. The van der Waals surface area contributed by atoms with Crippen molar-refractivity contribution >= 4 is 28.5 Å². The Kier molecular flexibility index (Phi) is 3.41. The first-order valence-electron chi connectivity index (χ1n) is 6.75. The molecule has 4 N–H and O–H groups in total. The molecule has 0 fully saturated rings. The van der Waals surface area contributed by atoms with Gasteiger partial charge in [0.15, 0.2) is 5.65 Å². The van der Waals surface area contributed by atoms with Crippen LogP contribution in [0.1, 0.15) is 12.5 Å². The lowest BCUT2D eigenvalue weighted by Crippen LogP contribution is -2.20. The molecule has 7 nitrogen and oxygen atoms in total. The van der Waals surface area contributed by atoms with Crippen LogP contribution in [0.4, 0.5) is 17.5 Å². The fourth-order valence-electron chi connectivity index (χ4n) is 2.39. The first-order chi connectivity index (χ1) is 10.2. The number of para-hydroxylation sites is 1. The van der Waals surface area contributed by atoms with Crippen LogP contribution in [-0.2, 0) is 0 Å². The maximum Gasteiger partial charge on any atom is 0.241 e. The zero-order chi connectivity index (χ0) is 14.8. The van der Waals surface area contributed by atoms with Gasteiger partial charge >= 0.3 is 0 Å². The van der Waals surface area contributed by atoms with E-state index in [0.717, 1.165) is 23.4 Å². The minimum atomic E-state index is 0.355. The van der Waals surface area contributed by atoms with Gasteiger partial charge in [-0.2, -0.15) is 15.1 Å². The number of benzene rings is 1. The largest absolute Gasteiger partial charge is 0.326 e. The Morgan fingerprint density at radius 1 is 1.29 bits per heavy atom. The molecule has 21 heavy (non-hydrogen) atoms. The number of H-pyrrole nitrogens is 1. The van der Waals surface area contributed by atoms with E-state index in [2.05, 4.69) is 56.5 Å². The summed E-state index contributed by atoms with van der Waals surface area (Å²) in [5.74, 6) is 6.59. The molecule has 3 rings (SSSR count). The number of anilines is 3. The number of hydrogen-bond donors (Lipinski definition) is 3. The quantitative estimate of drug-likeness (QED) is 0.501. The zero-order valence-electron chi connectivity index (χ0n) is 12.0. The molecule has 0 atom stereocenters. The monoisotopic (exact) mass is 283 g/mol. The number of nitrogens with zero attached hydrogens (tertiary/aromatic N) is 4. The molecule has 0 spiro atoms. The average molecular weight is 283 g/mol. The second-order valence-corrected chi connectivity index (χ2v) is 4.68. The van der Waals surface area contributed by atoms with Crippen LogP contribution in [0.25, 0.3) is 11.0 Å². The molecule has 0 saturated heterocycles. The Balaban J connectivity index is 2.21. The Hall–Kier alpha value is -2.67. The van der Waals surface area contributed by atoms with Gasteiger partial charge in [0.2, 0.25) is 5.95 Å². The summed E-state index contributed by atoms with van der Waals surface area (Å²) in [4.78, 5) is 10.9. The SMILES string of the molecule is CCN(c1ccccc1C)c1nc(NN)nc2[nH]ncc12. The third-order valence-electron chi connectivity index (χ3n) is 3.40. The summed E-state index contributed by atoms with van der Waals surface area (Å²) >= 11 is 0. The van der Waals surface area contributed by atoms with Gasteiger partial charge in [0.1, 0.15) is 5.82 Å². The van der Waals surface area contributed by atoms with E-state index in [0.29, 0.717) is 11.6 Å². The number of aromatic amines is 1. The van der Waals surface area contributed by atoms with Crippen LogP contribution in [0.3, 0.4) is 0 Å². The maximum atomic E-state index is 5.46. The molecule has 1 aromatic carbocycles. The maximum absolute atomic E-state index is 5.46. The standard InChI is InChI=1S/C14H17N7/c1-3-21(11-7-5-4-6-9(11)2)13-10-8-16-20-12(10)17-14(18-13)19-15/h4-8H,3,15H2,1-2H3,(H2,16,17,18,19,20).